The van der Waals surface area contributed by atoms with Gasteiger partial charge in [0.05, 0.1) is 0 Å². The summed E-state index contributed by atoms with van der Waals surface area (Å²) in [7, 11) is 0. The maximum Gasteiger partial charge on any atom is 0.435 e. The molecule has 0 saturated carbocycles. The lowest BCUT2D eigenvalue weighted by atomic mass is 10.2. The van der Waals surface area contributed by atoms with E-state index in [0.29, 0.717) is 35.7 Å². The van der Waals surface area contributed by atoms with E-state index in [1.54, 1.807) is 24.3 Å². The number of amides is 1. The van der Waals surface area contributed by atoms with E-state index >= 15 is 0 Å². The quantitative estimate of drug-likeness (QED) is 0.924. The first-order valence-electron chi connectivity index (χ1n) is 7.06. The first-order chi connectivity index (χ1) is 10.8. The van der Waals surface area contributed by atoms with Gasteiger partial charge in [0.1, 0.15) is 6.54 Å². The van der Waals surface area contributed by atoms with Crippen molar-refractivity contribution in [1.29, 1.82) is 0 Å². The Balaban J connectivity index is 1.79. The Labute approximate surface area is 135 Å². The number of alkyl halides is 3. The summed E-state index contributed by atoms with van der Waals surface area (Å²) < 4.78 is 40.1. The van der Waals surface area contributed by atoms with Gasteiger partial charge < -0.3 is 5.32 Å². The van der Waals surface area contributed by atoms with Gasteiger partial charge >= 0.3 is 6.18 Å². The fourth-order valence-electron chi connectivity index (χ4n) is 2.77. The number of benzene rings is 1. The molecule has 1 aliphatic carbocycles. The molecule has 1 heterocycles. The van der Waals surface area contributed by atoms with Crippen molar-refractivity contribution >= 4 is 23.2 Å². The molecule has 3 rings (SSSR count). The number of nitrogens with one attached hydrogen (secondary N) is 1. The number of hydrogen-bond donors (Lipinski definition) is 1. The summed E-state index contributed by atoms with van der Waals surface area (Å²) in [6, 6.07) is 6.55. The van der Waals surface area contributed by atoms with Gasteiger partial charge in [-0.1, -0.05) is 17.7 Å². The molecule has 4 nitrogen and oxygen atoms in total. The molecule has 0 unspecified atom stereocenters. The van der Waals surface area contributed by atoms with Gasteiger partial charge in [0.15, 0.2) is 5.69 Å². The molecule has 0 saturated heterocycles. The van der Waals surface area contributed by atoms with Crippen LogP contribution in [0.5, 0.6) is 0 Å². The molecule has 0 atom stereocenters. The summed E-state index contributed by atoms with van der Waals surface area (Å²) >= 11 is 5.82. The number of aromatic nitrogens is 2. The smallest absolute Gasteiger partial charge is 0.324 e. The molecular formula is C15H13ClF3N3O. The highest BCUT2D eigenvalue weighted by Crippen LogP contribution is 2.36. The number of carbonyl (C=O) groups excluding carboxylic acids is 1. The van der Waals surface area contributed by atoms with Crippen molar-refractivity contribution < 1.29 is 18.0 Å². The Morgan fingerprint density at radius 1 is 1.35 bits per heavy atom. The Hall–Kier alpha value is -2.02. The summed E-state index contributed by atoms with van der Waals surface area (Å²) in [5.74, 6) is -0.446. The highest BCUT2D eigenvalue weighted by Gasteiger charge is 2.40. The van der Waals surface area contributed by atoms with Crippen molar-refractivity contribution in [1.82, 2.24) is 9.78 Å². The second-order valence-electron chi connectivity index (χ2n) is 5.34. The van der Waals surface area contributed by atoms with Gasteiger partial charge in [-0.15, -0.1) is 0 Å². The molecule has 2 aromatic rings. The standard InChI is InChI=1S/C15H13ClF3N3O/c16-9-3-1-4-10(7-9)20-13(23)8-22-12-6-2-5-11(12)14(21-22)15(17,18)19/h1,3-4,7H,2,5-6,8H2,(H,20,23). The molecule has 1 aromatic carbocycles. The molecule has 1 aromatic heterocycles. The average Bonchev–Trinajstić information content (AvgIpc) is 3.01. The number of fused-ring (bicyclic) bond motifs is 1. The fourth-order valence-corrected chi connectivity index (χ4v) is 2.96. The third kappa shape index (κ3) is 3.34. The van der Waals surface area contributed by atoms with Crippen molar-refractivity contribution in [3.8, 4) is 0 Å². The summed E-state index contributed by atoms with van der Waals surface area (Å²) in [4.78, 5) is 12.1. The van der Waals surface area contributed by atoms with Crippen LogP contribution >= 0.6 is 11.6 Å². The number of nitrogens with zero attached hydrogens (tertiary/aromatic N) is 2. The van der Waals surface area contributed by atoms with E-state index in [1.807, 2.05) is 0 Å². The van der Waals surface area contributed by atoms with Crippen molar-refractivity contribution in [2.45, 2.75) is 32.0 Å². The predicted molar refractivity (Wildman–Crippen MR) is 79.3 cm³/mol. The number of hydrogen-bond acceptors (Lipinski definition) is 2. The van der Waals surface area contributed by atoms with Crippen molar-refractivity contribution in [3.63, 3.8) is 0 Å². The monoisotopic (exact) mass is 343 g/mol. The Morgan fingerprint density at radius 2 is 2.13 bits per heavy atom. The zero-order valence-electron chi connectivity index (χ0n) is 12.0. The van der Waals surface area contributed by atoms with Gasteiger partial charge in [-0.25, -0.2) is 0 Å². The van der Waals surface area contributed by atoms with E-state index in [0.717, 1.165) is 4.68 Å². The normalized spacial score (nSPS) is 13.9. The van der Waals surface area contributed by atoms with Crippen LogP contribution in [0.2, 0.25) is 5.02 Å². The molecule has 0 bridgehead atoms. The number of rotatable bonds is 3. The molecule has 1 aliphatic rings. The van der Waals surface area contributed by atoms with E-state index in [9.17, 15) is 18.0 Å². The van der Waals surface area contributed by atoms with Crippen molar-refractivity contribution in [3.05, 3.63) is 46.2 Å². The van der Waals surface area contributed by atoms with Crippen LogP contribution < -0.4 is 5.32 Å². The molecule has 122 valence electrons. The first kappa shape index (κ1) is 15.9. The Bertz CT molecular complexity index is 755. The second kappa shape index (κ2) is 5.88. The highest BCUT2D eigenvalue weighted by atomic mass is 35.5. The average molecular weight is 344 g/mol. The number of anilines is 1. The van der Waals surface area contributed by atoms with Crippen molar-refractivity contribution in [2.75, 3.05) is 5.32 Å². The van der Waals surface area contributed by atoms with Crippen LogP contribution in [0.25, 0.3) is 0 Å². The van der Waals surface area contributed by atoms with Crippen LogP contribution in [0.1, 0.15) is 23.4 Å². The van der Waals surface area contributed by atoms with Gasteiger partial charge in [-0.3, -0.25) is 9.48 Å². The van der Waals surface area contributed by atoms with E-state index in [2.05, 4.69) is 10.4 Å². The van der Waals surface area contributed by atoms with Crippen LogP contribution in [0.4, 0.5) is 18.9 Å². The Kier molecular flexibility index (Phi) is 4.06. The lowest BCUT2D eigenvalue weighted by Crippen LogP contribution is -2.21. The third-order valence-electron chi connectivity index (χ3n) is 3.68. The number of halogens is 4. The lowest BCUT2D eigenvalue weighted by molar-refractivity contribution is -0.142. The third-order valence-corrected chi connectivity index (χ3v) is 3.91. The summed E-state index contributed by atoms with van der Waals surface area (Å²) in [6.07, 6.45) is -3.00. The van der Waals surface area contributed by atoms with Crippen molar-refractivity contribution in [2.24, 2.45) is 0 Å². The van der Waals surface area contributed by atoms with Gasteiger partial charge in [-0.2, -0.15) is 18.3 Å². The van der Waals surface area contributed by atoms with Gasteiger partial charge in [-0.05, 0) is 37.5 Å². The highest BCUT2D eigenvalue weighted by molar-refractivity contribution is 6.30. The number of carbonyl (C=O) groups is 1. The van der Waals surface area contributed by atoms with Gasteiger partial charge in [0, 0.05) is 22.0 Å². The minimum Gasteiger partial charge on any atom is -0.324 e. The molecule has 0 fully saturated rings. The zero-order valence-corrected chi connectivity index (χ0v) is 12.7. The van der Waals surface area contributed by atoms with Crippen LogP contribution in [0, 0.1) is 0 Å². The Morgan fingerprint density at radius 3 is 2.83 bits per heavy atom. The molecule has 1 N–H and O–H groups in total. The SMILES string of the molecule is O=C(Cn1nc(C(F)(F)F)c2c1CCC2)Nc1cccc(Cl)c1. The fraction of sp³-hybridized carbons (Fsp3) is 0.333. The summed E-state index contributed by atoms with van der Waals surface area (Å²) in [6.45, 7) is -0.259. The van der Waals surface area contributed by atoms with E-state index in [4.69, 9.17) is 11.6 Å². The predicted octanol–water partition coefficient (Wildman–Crippen LogP) is 3.68. The minimum atomic E-state index is -4.50. The van der Waals surface area contributed by atoms with Crippen LogP contribution in [-0.4, -0.2) is 15.7 Å². The zero-order chi connectivity index (χ0) is 16.6. The molecule has 0 spiro atoms. The van der Waals surface area contributed by atoms with Gasteiger partial charge in [0.2, 0.25) is 5.91 Å². The lowest BCUT2D eigenvalue weighted by Gasteiger charge is -2.08. The van der Waals surface area contributed by atoms with Crippen LogP contribution in [-0.2, 0) is 30.4 Å². The van der Waals surface area contributed by atoms with E-state index in [1.165, 1.54) is 0 Å². The van der Waals surface area contributed by atoms with E-state index < -0.39 is 17.8 Å². The molecule has 0 aliphatic heterocycles. The minimum absolute atomic E-state index is 0.216. The molecule has 1 amide bonds. The van der Waals surface area contributed by atoms with Crippen LogP contribution in [0.3, 0.4) is 0 Å². The first-order valence-corrected chi connectivity index (χ1v) is 7.43. The summed E-state index contributed by atoms with van der Waals surface area (Å²) in [5.41, 5.74) is 0.328. The van der Waals surface area contributed by atoms with E-state index in [-0.39, 0.29) is 12.1 Å². The largest absolute Gasteiger partial charge is 0.435 e. The molecule has 8 heteroatoms. The summed E-state index contributed by atoms with van der Waals surface area (Å²) in [5, 5.41) is 6.67. The molecule has 0 radical (unpaired) electrons. The second-order valence-corrected chi connectivity index (χ2v) is 5.78. The topological polar surface area (TPSA) is 46.9 Å². The molecular weight excluding hydrogens is 331 g/mol. The molecule has 23 heavy (non-hydrogen) atoms. The maximum absolute atomic E-state index is 13.0. The van der Waals surface area contributed by atoms with Gasteiger partial charge in [0.25, 0.3) is 0 Å². The van der Waals surface area contributed by atoms with Crippen LogP contribution in [0.15, 0.2) is 24.3 Å². The maximum atomic E-state index is 13.0.